The number of carboxylic acid groups (broad SMARTS) is 2. The van der Waals surface area contributed by atoms with Gasteiger partial charge in [0.1, 0.15) is 5.75 Å². The van der Waals surface area contributed by atoms with Gasteiger partial charge in [-0.1, -0.05) is 12.1 Å². The third-order valence-corrected chi connectivity index (χ3v) is 1.35. The zero-order chi connectivity index (χ0) is 11.8. The summed E-state index contributed by atoms with van der Waals surface area (Å²) in [6, 6.07) is 5.00. The van der Waals surface area contributed by atoms with Crippen LogP contribution in [0.15, 0.2) is 24.3 Å². The summed E-state index contributed by atoms with van der Waals surface area (Å²) in [6.45, 7) is 2.04. The molecule has 0 amide bonds. The smallest absolute Gasteiger partial charge is 0.870 e. The van der Waals surface area contributed by atoms with Gasteiger partial charge < -0.3 is 20.5 Å². The van der Waals surface area contributed by atoms with Crippen LogP contribution in [0.5, 0.6) is 0 Å². The van der Waals surface area contributed by atoms with Gasteiger partial charge in [-0.2, -0.15) is 0 Å². The van der Waals surface area contributed by atoms with Gasteiger partial charge in [-0.3, -0.25) is 0 Å². The fraction of sp³-hybridized carbons (Fsp3) is 0.200. The Morgan fingerprint density at radius 2 is 1.76 bits per heavy atom. The fourth-order valence-electron chi connectivity index (χ4n) is 0.779. The van der Waals surface area contributed by atoms with Crippen LogP contribution in [0.3, 0.4) is 0 Å². The van der Waals surface area contributed by atoms with Gasteiger partial charge in [0.15, 0.2) is 0 Å². The Balaban J connectivity index is -0.000000356. The Hall–Kier alpha value is 0.106. The van der Waals surface area contributed by atoms with Crippen molar-refractivity contribution >= 4 is 24.6 Å². The van der Waals surface area contributed by atoms with E-state index in [9.17, 15) is 14.7 Å². The second-order valence-electron chi connectivity index (χ2n) is 2.53. The number of benzene rings is 1. The number of carboxylic acids is 2. The third-order valence-electron chi connectivity index (χ3n) is 1.35. The molecule has 1 aromatic rings. The van der Waals surface area contributed by atoms with Gasteiger partial charge in [0.2, 0.25) is 0 Å². The van der Waals surface area contributed by atoms with Crippen LogP contribution in [0.1, 0.15) is 27.6 Å². The van der Waals surface area contributed by atoms with Gasteiger partial charge in [-0.05, 0) is 37.2 Å². The summed E-state index contributed by atoms with van der Waals surface area (Å²) < 4.78 is 0. The first-order chi connectivity index (χ1) is 7.02. The van der Waals surface area contributed by atoms with Crippen LogP contribution < -0.4 is 56.5 Å². The minimum atomic E-state index is -1.38. The Bertz CT molecular complexity index is 327. The standard InChI is InChI=1S/C8H6O4.C2H6S.K.H2O/c9-7(10)5-2-1-3-6(4-5)8(11)12;1-2-3;;/h1-4H,(H,9,10)(H,11,12);3H,2H2,1H3;;1H2/q;;+1;/p-1. The molecular weight excluding hydrogens is 271 g/mol. The van der Waals surface area contributed by atoms with Crippen molar-refractivity contribution in [1.82, 2.24) is 0 Å². The van der Waals surface area contributed by atoms with E-state index >= 15 is 0 Å². The Morgan fingerprint density at radius 3 is 2.12 bits per heavy atom. The van der Waals surface area contributed by atoms with Crippen LogP contribution in [-0.2, 0) is 12.6 Å². The van der Waals surface area contributed by atoms with Crippen LogP contribution in [0.25, 0.3) is 0 Å². The minimum absolute atomic E-state index is 0. The molecule has 0 atom stereocenters. The predicted molar refractivity (Wildman–Crippen MR) is 60.4 cm³/mol. The SMILES string of the molecule is CC[SH2+].O=C([O-])c1cccc(C(=O)O)c1.[K+].[OH-]. The summed E-state index contributed by atoms with van der Waals surface area (Å²) in [4.78, 5) is 20.6. The van der Waals surface area contributed by atoms with Crippen molar-refractivity contribution in [2.24, 2.45) is 0 Å². The number of hydrogen-bond donors (Lipinski definition) is 1. The first-order valence-electron chi connectivity index (χ1n) is 4.22. The van der Waals surface area contributed by atoms with Crippen LogP contribution in [0.4, 0.5) is 0 Å². The van der Waals surface area contributed by atoms with Gasteiger partial charge in [0.25, 0.3) is 0 Å². The Morgan fingerprint density at radius 1 is 1.35 bits per heavy atom. The van der Waals surface area contributed by atoms with E-state index in [0.717, 1.165) is 11.8 Å². The van der Waals surface area contributed by atoms with E-state index in [1.54, 1.807) is 0 Å². The molecule has 0 aromatic heterocycles. The zero-order valence-electron chi connectivity index (χ0n) is 9.64. The molecule has 0 bridgehead atoms. The first kappa shape index (κ1) is 22.3. The van der Waals surface area contributed by atoms with E-state index in [-0.39, 0.29) is 68.0 Å². The van der Waals surface area contributed by atoms with E-state index < -0.39 is 11.9 Å². The molecule has 0 aliphatic carbocycles. The predicted octanol–water partition coefficient (Wildman–Crippen LogP) is -3.41. The topological polar surface area (TPSA) is 107 Å². The molecule has 0 aliphatic heterocycles. The van der Waals surface area contributed by atoms with Crippen LogP contribution in [0, 0.1) is 0 Å². The van der Waals surface area contributed by atoms with Crippen molar-refractivity contribution in [3.8, 4) is 0 Å². The molecule has 0 fully saturated rings. The summed E-state index contributed by atoms with van der Waals surface area (Å²) in [7, 11) is 0. The van der Waals surface area contributed by atoms with Crippen molar-refractivity contribution in [1.29, 1.82) is 0 Å². The summed E-state index contributed by atoms with van der Waals surface area (Å²) in [6.07, 6.45) is 0. The van der Waals surface area contributed by atoms with Crippen molar-refractivity contribution in [3.05, 3.63) is 35.4 Å². The Labute approximate surface area is 147 Å². The van der Waals surface area contributed by atoms with Gasteiger partial charge in [0, 0.05) is 0 Å². The van der Waals surface area contributed by atoms with Crippen LogP contribution in [0.2, 0.25) is 0 Å². The van der Waals surface area contributed by atoms with Crippen LogP contribution >= 0.6 is 0 Å². The van der Waals surface area contributed by atoms with Gasteiger partial charge in [0.05, 0.1) is 11.5 Å². The maximum Gasteiger partial charge on any atom is 1.00 e. The monoisotopic (exact) mass is 284 g/mol. The average molecular weight is 284 g/mol. The number of hydrogen-bond acceptors (Lipinski definition) is 4. The second kappa shape index (κ2) is 12.6. The molecule has 0 spiro atoms. The van der Waals surface area contributed by atoms with Crippen molar-refractivity contribution < 1.29 is 76.7 Å². The number of aromatic carboxylic acids is 2. The molecule has 90 valence electrons. The van der Waals surface area contributed by atoms with E-state index in [2.05, 4.69) is 12.6 Å². The number of carbonyl (C=O) groups excluding carboxylic acids is 1. The number of carbonyl (C=O) groups is 2. The van der Waals surface area contributed by atoms with E-state index in [0.29, 0.717) is 0 Å². The summed E-state index contributed by atoms with van der Waals surface area (Å²) in [5, 5.41) is 18.7. The molecule has 0 radical (unpaired) electrons. The maximum absolute atomic E-state index is 10.4. The average Bonchev–Trinajstić information content (AvgIpc) is 2.19. The van der Waals surface area contributed by atoms with Gasteiger partial charge in [-0.25, -0.2) is 4.79 Å². The molecule has 0 heterocycles. The molecule has 1 rings (SSSR count). The van der Waals surface area contributed by atoms with Crippen molar-refractivity contribution in [2.75, 3.05) is 5.75 Å². The zero-order valence-corrected chi connectivity index (χ0v) is 13.8. The first-order valence-corrected chi connectivity index (χ1v) is 4.93. The van der Waals surface area contributed by atoms with E-state index in [1.807, 2.05) is 6.92 Å². The molecule has 17 heavy (non-hydrogen) atoms. The second-order valence-corrected chi connectivity index (χ2v) is 3.23. The van der Waals surface area contributed by atoms with E-state index in [4.69, 9.17) is 5.11 Å². The quantitative estimate of drug-likeness (QED) is 0.450. The summed E-state index contributed by atoms with van der Waals surface area (Å²) >= 11 is 3.18. The van der Waals surface area contributed by atoms with Crippen LogP contribution in [-0.4, -0.2) is 28.3 Å². The van der Waals surface area contributed by atoms with Crippen molar-refractivity contribution in [2.45, 2.75) is 6.92 Å². The fourth-order valence-corrected chi connectivity index (χ4v) is 0.779. The number of rotatable bonds is 2. The minimum Gasteiger partial charge on any atom is -0.870 e. The van der Waals surface area contributed by atoms with Gasteiger partial charge in [-0.15, -0.1) is 0 Å². The summed E-state index contributed by atoms with van der Waals surface area (Å²) in [5.74, 6) is -1.48. The maximum atomic E-state index is 10.4. The largest absolute Gasteiger partial charge is 1.00 e. The molecule has 0 aliphatic rings. The molecule has 0 unspecified atom stereocenters. The third kappa shape index (κ3) is 9.78. The molecule has 5 nitrogen and oxygen atoms in total. The summed E-state index contributed by atoms with van der Waals surface area (Å²) in [5.41, 5.74) is -0.188. The molecular formula is C10H13KO5S. The molecule has 0 saturated carbocycles. The van der Waals surface area contributed by atoms with Gasteiger partial charge >= 0.3 is 57.4 Å². The molecule has 0 saturated heterocycles. The normalized spacial score (nSPS) is 7.65. The molecule has 1 aromatic carbocycles. The molecule has 2 N–H and O–H groups in total. The molecule has 7 heteroatoms. The van der Waals surface area contributed by atoms with Crippen molar-refractivity contribution in [3.63, 3.8) is 0 Å². The Kier molecular flexibility index (Phi) is 16.5. The van der Waals surface area contributed by atoms with E-state index in [1.165, 1.54) is 18.2 Å².